The van der Waals surface area contributed by atoms with E-state index in [0.29, 0.717) is 11.5 Å². The molecule has 2 rings (SSSR count). The second-order valence-electron chi connectivity index (χ2n) is 6.68. The summed E-state index contributed by atoms with van der Waals surface area (Å²) in [5.41, 5.74) is 1.40. The van der Waals surface area contributed by atoms with Gasteiger partial charge in [0.25, 0.3) is 0 Å². The largest absolute Gasteiger partial charge is 0.495 e. The van der Waals surface area contributed by atoms with Crippen LogP contribution in [-0.2, 0) is 14.8 Å². The van der Waals surface area contributed by atoms with Gasteiger partial charge in [0.1, 0.15) is 24.7 Å². The van der Waals surface area contributed by atoms with Crippen LogP contribution < -0.4 is 19.1 Å². The summed E-state index contributed by atoms with van der Waals surface area (Å²) in [5, 5.41) is 2.99. The second-order valence-corrected chi connectivity index (χ2v) is 9.00. The van der Waals surface area contributed by atoms with Crippen molar-refractivity contribution in [3.05, 3.63) is 53.1 Å². The molecule has 0 aliphatic carbocycles. The Morgan fingerprint density at radius 2 is 1.86 bits per heavy atom. The van der Waals surface area contributed by atoms with Crippen molar-refractivity contribution in [1.29, 1.82) is 0 Å². The first-order chi connectivity index (χ1) is 13.6. The number of methoxy groups -OCH3 is 1. The third-order valence-electron chi connectivity index (χ3n) is 4.04. The molecule has 0 spiro atoms. The topological polar surface area (TPSA) is 84.9 Å². The van der Waals surface area contributed by atoms with E-state index in [4.69, 9.17) is 21.1 Å². The molecule has 29 heavy (non-hydrogen) atoms. The van der Waals surface area contributed by atoms with Gasteiger partial charge >= 0.3 is 0 Å². The van der Waals surface area contributed by atoms with Crippen LogP contribution in [0.1, 0.15) is 12.5 Å². The van der Waals surface area contributed by atoms with Gasteiger partial charge in [-0.25, -0.2) is 8.42 Å². The van der Waals surface area contributed by atoms with Crippen LogP contribution >= 0.6 is 11.6 Å². The number of ether oxygens (including phenoxy) is 2. The SMILES string of the molecule is COc1ccc(N(CC(=O)NC(C)COc2ccc(C)cc2)S(C)(=O)=O)cc1Cl. The van der Waals surface area contributed by atoms with Crippen LogP contribution in [0.4, 0.5) is 5.69 Å². The molecule has 0 heterocycles. The van der Waals surface area contributed by atoms with E-state index in [1.165, 1.54) is 19.2 Å². The molecule has 2 aromatic rings. The van der Waals surface area contributed by atoms with Crippen LogP contribution in [0.25, 0.3) is 0 Å². The van der Waals surface area contributed by atoms with Gasteiger partial charge in [0.15, 0.2) is 0 Å². The highest BCUT2D eigenvalue weighted by Gasteiger charge is 2.22. The maximum absolute atomic E-state index is 12.4. The summed E-state index contributed by atoms with van der Waals surface area (Å²) in [6.07, 6.45) is 1.03. The van der Waals surface area contributed by atoms with Gasteiger partial charge in [-0.1, -0.05) is 29.3 Å². The summed E-state index contributed by atoms with van der Waals surface area (Å²) in [5.74, 6) is 0.653. The summed E-state index contributed by atoms with van der Waals surface area (Å²) in [7, 11) is -2.24. The van der Waals surface area contributed by atoms with Crippen molar-refractivity contribution in [2.45, 2.75) is 19.9 Å². The smallest absolute Gasteiger partial charge is 0.241 e. The number of nitrogens with zero attached hydrogens (tertiary/aromatic N) is 1. The molecule has 158 valence electrons. The maximum Gasteiger partial charge on any atom is 0.241 e. The maximum atomic E-state index is 12.4. The summed E-state index contributed by atoms with van der Waals surface area (Å²) >= 11 is 6.09. The van der Waals surface area contributed by atoms with E-state index in [-0.39, 0.29) is 29.9 Å². The molecule has 1 N–H and O–H groups in total. The minimum Gasteiger partial charge on any atom is -0.495 e. The molecule has 2 aromatic carbocycles. The Bertz CT molecular complexity index is 948. The molecular formula is C20H25ClN2O5S. The standard InChI is InChI=1S/C20H25ClN2O5S/c1-14-5-8-17(9-6-14)28-13-15(2)22-20(24)12-23(29(4,25)26)16-7-10-19(27-3)18(21)11-16/h5-11,15H,12-13H2,1-4H3,(H,22,24). The van der Waals surface area contributed by atoms with Crippen LogP contribution in [0.3, 0.4) is 0 Å². The van der Waals surface area contributed by atoms with E-state index in [1.54, 1.807) is 13.0 Å². The molecule has 1 unspecified atom stereocenters. The van der Waals surface area contributed by atoms with Crippen molar-refractivity contribution in [2.75, 3.05) is 30.8 Å². The van der Waals surface area contributed by atoms with Crippen LogP contribution in [0.5, 0.6) is 11.5 Å². The molecule has 1 atom stereocenters. The highest BCUT2D eigenvalue weighted by atomic mass is 35.5. The van der Waals surface area contributed by atoms with Gasteiger partial charge in [-0.05, 0) is 44.2 Å². The molecular weight excluding hydrogens is 416 g/mol. The summed E-state index contributed by atoms with van der Waals surface area (Å²) < 4.78 is 36.1. The van der Waals surface area contributed by atoms with E-state index >= 15 is 0 Å². The summed E-state index contributed by atoms with van der Waals surface area (Å²) in [6, 6.07) is 11.8. The number of sulfonamides is 1. The van der Waals surface area contributed by atoms with Crippen LogP contribution in [-0.4, -0.2) is 46.9 Å². The number of amides is 1. The predicted octanol–water partition coefficient (Wildman–Crippen LogP) is 3.01. The van der Waals surface area contributed by atoms with Crippen molar-refractivity contribution in [3.8, 4) is 11.5 Å². The van der Waals surface area contributed by atoms with E-state index < -0.39 is 15.9 Å². The number of nitrogens with one attached hydrogen (secondary N) is 1. The van der Waals surface area contributed by atoms with Gasteiger partial charge in [-0.3, -0.25) is 9.10 Å². The number of rotatable bonds is 9. The molecule has 0 fully saturated rings. The van der Waals surface area contributed by atoms with Crippen molar-refractivity contribution < 1.29 is 22.7 Å². The average molecular weight is 441 g/mol. The lowest BCUT2D eigenvalue weighted by Crippen LogP contribution is -2.44. The van der Waals surface area contributed by atoms with Gasteiger partial charge in [0.2, 0.25) is 15.9 Å². The monoisotopic (exact) mass is 440 g/mol. The number of carbonyl (C=O) groups excluding carboxylic acids is 1. The quantitative estimate of drug-likeness (QED) is 0.647. The van der Waals surface area contributed by atoms with Crippen molar-refractivity contribution in [2.24, 2.45) is 0 Å². The molecule has 0 radical (unpaired) electrons. The number of aryl methyl sites for hydroxylation is 1. The molecule has 0 aliphatic rings. The Morgan fingerprint density at radius 1 is 1.21 bits per heavy atom. The number of hydrogen-bond acceptors (Lipinski definition) is 5. The number of benzene rings is 2. The third-order valence-corrected chi connectivity index (χ3v) is 5.48. The van der Waals surface area contributed by atoms with Gasteiger partial charge in [0, 0.05) is 0 Å². The Kier molecular flexibility index (Phi) is 7.75. The van der Waals surface area contributed by atoms with Crippen LogP contribution in [0.2, 0.25) is 5.02 Å². The first-order valence-electron chi connectivity index (χ1n) is 8.90. The first-order valence-corrected chi connectivity index (χ1v) is 11.1. The minimum atomic E-state index is -3.70. The first kappa shape index (κ1) is 22.8. The Labute approximate surface area is 176 Å². The number of carbonyl (C=O) groups is 1. The number of hydrogen-bond donors (Lipinski definition) is 1. The van der Waals surface area contributed by atoms with E-state index in [2.05, 4.69) is 5.32 Å². The van der Waals surface area contributed by atoms with Gasteiger partial charge < -0.3 is 14.8 Å². The van der Waals surface area contributed by atoms with E-state index in [1.807, 2.05) is 31.2 Å². The van der Waals surface area contributed by atoms with Crippen LogP contribution in [0.15, 0.2) is 42.5 Å². The summed E-state index contributed by atoms with van der Waals surface area (Å²) in [4.78, 5) is 12.4. The third kappa shape index (κ3) is 6.83. The molecule has 0 bridgehead atoms. The lowest BCUT2D eigenvalue weighted by molar-refractivity contribution is -0.120. The fourth-order valence-electron chi connectivity index (χ4n) is 2.56. The summed E-state index contributed by atoms with van der Waals surface area (Å²) in [6.45, 7) is 3.63. The Balaban J connectivity index is 2.00. The zero-order valence-corrected chi connectivity index (χ0v) is 18.4. The highest BCUT2D eigenvalue weighted by Crippen LogP contribution is 2.30. The zero-order valence-electron chi connectivity index (χ0n) is 16.8. The molecule has 0 aliphatic heterocycles. The molecule has 0 saturated heterocycles. The lowest BCUT2D eigenvalue weighted by Gasteiger charge is -2.23. The molecule has 0 aromatic heterocycles. The van der Waals surface area contributed by atoms with Crippen LogP contribution in [0, 0.1) is 6.92 Å². The lowest BCUT2D eigenvalue weighted by atomic mass is 10.2. The highest BCUT2D eigenvalue weighted by molar-refractivity contribution is 7.92. The molecule has 0 saturated carbocycles. The number of anilines is 1. The normalized spacial score (nSPS) is 12.2. The Morgan fingerprint density at radius 3 is 2.41 bits per heavy atom. The van der Waals surface area contributed by atoms with Gasteiger partial charge in [-0.15, -0.1) is 0 Å². The zero-order chi connectivity index (χ0) is 21.6. The van der Waals surface area contributed by atoms with Crippen molar-refractivity contribution >= 4 is 33.2 Å². The number of halogens is 1. The van der Waals surface area contributed by atoms with Gasteiger partial charge in [0.05, 0.1) is 30.1 Å². The van der Waals surface area contributed by atoms with Gasteiger partial charge in [-0.2, -0.15) is 0 Å². The van der Waals surface area contributed by atoms with E-state index in [9.17, 15) is 13.2 Å². The van der Waals surface area contributed by atoms with Crippen molar-refractivity contribution in [3.63, 3.8) is 0 Å². The molecule has 9 heteroatoms. The second kappa shape index (κ2) is 9.84. The van der Waals surface area contributed by atoms with E-state index in [0.717, 1.165) is 16.1 Å². The fraction of sp³-hybridized carbons (Fsp3) is 0.350. The minimum absolute atomic E-state index is 0.249. The predicted molar refractivity (Wildman–Crippen MR) is 114 cm³/mol. The Hall–Kier alpha value is -2.45. The molecule has 1 amide bonds. The average Bonchev–Trinajstić information content (AvgIpc) is 2.64. The fourth-order valence-corrected chi connectivity index (χ4v) is 3.66. The molecule has 7 nitrogen and oxygen atoms in total. The van der Waals surface area contributed by atoms with Crippen molar-refractivity contribution in [1.82, 2.24) is 5.32 Å².